The first-order chi connectivity index (χ1) is 7.29. The third-order valence-corrected chi connectivity index (χ3v) is 2.83. The van der Waals surface area contributed by atoms with Crippen LogP contribution in [-0.4, -0.2) is 25.1 Å². The van der Waals surface area contributed by atoms with E-state index in [0.29, 0.717) is 18.7 Å². The van der Waals surface area contributed by atoms with Crippen molar-refractivity contribution in [2.45, 2.75) is 26.0 Å². The van der Waals surface area contributed by atoms with E-state index in [-0.39, 0.29) is 0 Å². The molecular weight excluding hydrogens is 212 g/mol. The highest BCUT2D eigenvalue weighted by Crippen LogP contribution is 2.13. The van der Waals surface area contributed by atoms with Gasteiger partial charge in [-0.3, -0.25) is 0 Å². The van der Waals surface area contributed by atoms with Gasteiger partial charge in [-0.05, 0) is 6.42 Å². The standard InChI is InChI=1S/C9H12N4OS/c1-2-8(14)7-5-13(12-11-7)6-9-10-3-4-15-9/h3-5,8,14H,2,6H2,1H3. The van der Waals surface area contributed by atoms with Crippen molar-refractivity contribution in [3.63, 3.8) is 0 Å². The summed E-state index contributed by atoms with van der Waals surface area (Å²) in [6.45, 7) is 2.52. The molecule has 6 heteroatoms. The van der Waals surface area contributed by atoms with E-state index in [1.165, 1.54) is 0 Å². The minimum absolute atomic E-state index is 0.518. The molecule has 15 heavy (non-hydrogen) atoms. The molecule has 0 saturated heterocycles. The van der Waals surface area contributed by atoms with E-state index in [1.54, 1.807) is 28.4 Å². The van der Waals surface area contributed by atoms with Gasteiger partial charge in [0, 0.05) is 11.6 Å². The molecule has 0 bridgehead atoms. The van der Waals surface area contributed by atoms with E-state index in [9.17, 15) is 5.11 Å². The summed E-state index contributed by atoms with van der Waals surface area (Å²) >= 11 is 1.58. The van der Waals surface area contributed by atoms with Gasteiger partial charge in [0.2, 0.25) is 0 Å². The smallest absolute Gasteiger partial charge is 0.114 e. The molecule has 0 aliphatic rings. The lowest BCUT2D eigenvalue weighted by molar-refractivity contribution is 0.168. The molecule has 0 aromatic carbocycles. The van der Waals surface area contributed by atoms with Gasteiger partial charge >= 0.3 is 0 Å². The predicted octanol–water partition coefficient (Wildman–Crippen LogP) is 1.23. The highest BCUT2D eigenvalue weighted by Gasteiger charge is 2.09. The van der Waals surface area contributed by atoms with E-state index in [0.717, 1.165) is 5.01 Å². The van der Waals surface area contributed by atoms with Gasteiger partial charge in [0.15, 0.2) is 0 Å². The molecule has 2 rings (SSSR count). The minimum Gasteiger partial charge on any atom is -0.387 e. The quantitative estimate of drug-likeness (QED) is 0.848. The number of hydrogen-bond donors (Lipinski definition) is 1. The number of nitrogens with zero attached hydrogens (tertiary/aromatic N) is 4. The van der Waals surface area contributed by atoms with Crippen molar-refractivity contribution in [3.8, 4) is 0 Å². The second-order valence-electron chi connectivity index (χ2n) is 3.19. The Bertz CT molecular complexity index is 411. The first-order valence-corrected chi connectivity index (χ1v) is 5.64. The Morgan fingerprint density at radius 1 is 1.60 bits per heavy atom. The zero-order chi connectivity index (χ0) is 10.7. The van der Waals surface area contributed by atoms with Crippen molar-refractivity contribution in [1.29, 1.82) is 0 Å². The molecule has 5 nitrogen and oxygen atoms in total. The summed E-state index contributed by atoms with van der Waals surface area (Å²) < 4.78 is 1.69. The fourth-order valence-corrected chi connectivity index (χ4v) is 1.83. The van der Waals surface area contributed by atoms with Gasteiger partial charge in [-0.1, -0.05) is 12.1 Å². The van der Waals surface area contributed by atoms with Crippen molar-refractivity contribution in [1.82, 2.24) is 20.0 Å². The molecule has 0 radical (unpaired) electrons. The van der Waals surface area contributed by atoms with Gasteiger partial charge in [-0.25, -0.2) is 9.67 Å². The maximum absolute atomic E-state index is 9.54. The van der Waals surface area contributed by atoms with Gasteiger partial charge in [0.25, 0.3) is 0 Å². The fourth-order valence-electron chi connectivity index (χ4n) is 1.22. The number of aliphatic hydroxyl groups excluding tert-OH is 1. The number of rotatable bonds is 4. The second-order valence-corrected chi connectivity index (χ2v) is 4.17. The molecule has 2 aromatic heterocycles. The molecule has 2 heterocycles. The Morgan fingerprint density at radius 3 is 3.13 bits per heavy atom. The van der Waals surface area contributed by atoms with Gasteiger partial charge in [-0.2, -0.15) is 0 Å². The van der Waals surface area contributed by atoms with Crippen LogP contribution in [0.3, 0.4) is 0 Å². The Hall–Kier alpha value is -1.27. The van der Waals surface area contributed by atoms with Crippen LogP contribution in [0.4, 0.5) is 0 Å². The molecule has 80 valence electrons. The van der Waals surface area contributed by atoms with Crippen LogP contribution >= 0.6 is 11.3 Å². The lowest BCUT2D eigenvalue weighted by Gasteiger charge is -2.00. The molecule has 0 saturated carbocycles. The van der Waals surface area contributed by atoms with Crippen molar-refractivity contribution in [2.24, 2.45) is 0 Å². The number of thiazole rings is 1. The molecule has 1 N–H and O–H groups in total. The Morgan fingerprint density at radius 2 is 2.47 bits per heavy atom. The maximum Gasteiger partial charge on any atom is 0.114 e. The van der Waals surface area contributed by atoms with E-state index in [4.69, 9.17) is 0 Å². The molecule has 0 aliphatic heterocycles. The van der Waals surface area contributed by atoms with E-state index in [1.807, 2.05) is 12.3 Å². The SMILES string of the molecule is CCC(O)c1cn(Cc2nccs2)nn1. The predicted molar refractivity (Wildman–Crippen MR) is 56.5 cm³/mol. The highest BCUT2D eigenvalue weighted by molar-refractivity contribution is 7.09. The zero-order valence-electron chi connectivity index (χ0n) is 8.37. The molecule has 1 atom stereocenters. The monoisotopic (exact) mass is 224 g/mol. The lowest BCUT2D eigenvalue weighted by Crippen LogP contribution is -1.99. The summed E-state index contributed by atoms with van der Waals surface area (Å²) in [5, 5.41) is 20.3. The van der Waals surface area contributed by atoms with Crippen LogP contribution in [0.1, 0.15) is 30.2 Å². The van der Waals surface area contributed by atoms with Gasteiger partial charge < -0.3 is 5.11 Å². The van der Waals surface area contributed by atoms with Crippen LogP contribution in [0.15, 0.2) is 17.8 Å². The van der Waals surface area contributed by atoms with E-state index >= 15 is 0 Å². The molecule has 0 fully saturated rings. The molecule has 0 spiro atoms. The molecule has 0 aliphatic carbocycles. The average molecular weight is 224 g/mol. The van der Waals surface area contributed by atoms with Crippen LogP contribution in [0.25, 0.3) is 0 Å². The zero-order valence-corrected chi connectivity index (χ0v) is 9.18. The first-order valence-electron chi connectivity index (χ1n) is 4.76. The van der Waals surface area contributed by atoms with Crippen LogP contribution in [0.2, 0.25) is 0 Å². The first kappa shape index (κ1) is 10.3. The Balaban J connectivity index is 2.07. The summed E-state index contributed by atoms with van der Waals surface area (Å²) in [7, 11) is 0. The van der Waals surface area contributed by atoms with Gasteiger partial charge in [0.05, 0.1) is 18.8 Å². The molecule has 1 unspecified atom stereocenters. The Kier molecular flexibility index (Phi) is 3.08. The largest absolute Gasteiger partial charge is 0.387 e. The van der Waals surface area contributed by atoms with E-state index < -0.39 is 6.10 Å². The number of aromatic nitrogens is 4. The van der Waals surface area contributed by atoms with Crippen LogP contribution in [0.5, 0.6) is 0 Å². The number of hydrogen-bond acceptors (Lipinski definition) is 5. The summed E-state index contributed by atoms with van der Waals surface area (Å²) in [5.74, 6) is 0. The molecule has 2 aromatic rings. The third-order valence-electron chi connectivity index (χ3n) is 2.07. The second kappa shape index (κ2) is 4.50. The Labute approximate surface area is 91.4 Å². The van der Waals surface area contributed by atoms with Gasteiger partial charge in [0.1, 0.15) is 10.7 Å². The number of aliphatic hydroxyl groups is 1. The third kappa shape index (κ3) is 2.40. The summed E-state index contributed by atoms with van der Waals surface area (Å²) in [6, 6.07) is 0. The topological polar surface area (TPSA) is 63.8 Å². The van der Waals surface area contributed by atoms with Crippen molar-refractivity contribution in [3.05, 3.63) is 28.5 Å². The van der Waals surface area contributed by atoms with Crippen molar-refractivity contribution in [2.75, 3.05) is 0 Å². The molecule has 0 amide bonds. The summed E-state index contributed by atoms with van der Waals surface area (Å²) in [6.07, 6.45) is 3.65. The highest BCUT2D eigenvalue weighted by atomic mass is 32.1. The fraction of sp³-hybridized carbons (Fsp3) is 0.444. The van der Waals surface area contributed by atoms with Crippen molar-refractivity contribution < 1.29 is 5.11 Å². The van der Waals surface area contributed by atoms with Gasteiger partial charge in [-0.15, -0.1) is 16.4 Å². The van der Waals surface area contributed by atoms with Crippen LogP contribution in [0, 0.1) is 0 Å². The van der Waals surface area contributed by atoms with Crippen LogP contribution < -0.4 is 0 Å². The minimum atomic E-state index is -0.518. The normalized spacial score (nSPS) is 12.9. The van der Waals surface area contributed by atoms with Crippen LogP contribution in [-0.2, 0) is 6.54 Å². The van der Waals surface area contributed by atoms with Crippen molar-refractivity contribution >= 4 is 11.3 Å². The molecular formula is C9H12N4OS. The maximum atomic E-state index is 9.54. The summed E-state index contributed by atoms with van der Waals surface area (Å²) in [4.78, 5) is 4.15. The van der Waals surface area contributed by atoms with E-state index in [2.05, 4.69) is 15.3 Å². The summed E-state index contributed by atoms with van der Waals surface area (Å²) in [5.41, 5.74) is 0.619. The lowest BCUT2D eigenvalue weighted by atomic mass is 10.2. The average Bonchev–Trinajstić information content (AvgIpc) is 2.88.